The fourth-order valence-electron chi connectivity index (χ4n) is 4.01. The van der Waals surface area contributed by atoms with Gasteiger partial charge in [-0.2, -0.15) is 11.8 Å². The standard InChI is InChI=1S/C27H53O8PS/c1-2-3-4-5-6-7-8-9-10-11-12-14-17-20-27(29)35-26(23-34-36(30,31)32)24-37-22-19-16-13-15-18-21-33-25-28/h25-26H,2-24H2,1H3,(H2,30,31,32)/t26-/m1/s1. The van der Waals surface area contributed by atoms with E-state index in [1.165, 1.54) is 64.2 Å². The van der Waals surface area contributed by atoms with Crippen molar-refractivity contribution in [2.75, 3.05) is 24.7 Å². The van der Waals surface area contributed by atoms with Gasteiger partial charge in [0.05, 0.1) is 13.2 Å². The Bertz CT molecular complexity index is 573. The van der Waals surface area contributed by atoms with Gasteiger partial charge in [-0.1, -0.05) is 103 Å². The highest BCUT2D eigenvalue weighted by Crippen LogP contribution is 2.36. The summed E-state index contributed by atoms with van der Waals surface area (Å²) in [6.45, 7) is 2.87. The molecule has 0 fully saturated rings. The molecule has 0 aliphatic rings. The fraction of sp³-hybridized carbons (Fsp3) is 0.926. The normalized spacial score (nSPS) is 12.4. The van der Waals surface area contributed by atoms with Gasteiger partial charge >= 0.3 is 13.8 Å². The van der Waals surface area contributed by atoms with Crippen LogP contribution >= 0.6 is 19.6 Å². The molecule has 0 saturated carbocycles. The number of hydrogen-bond acceptors (Lipinski definition) is 7. The Kier molecular flexibility index (Phi) is 26.5. The number of carbonyl (C=O) groups excluding carboxylic acids is 2. The molecule has 0 aromatic heterocycles. The molecule has 2 N–H and O–H groups in total. The highest BCUT2D eigenvalue weighted by Gasteiger charge is 2.21. The number of rotatable bonds is 29. The molecule has 0 unspecified atom stereocenters. The van der Waals surface area contributed by atoms with Crippen molar-refractivity contribution in [2.45, 2.75) is 135 Å². The van der Waals surface area contributed by atoms with Crippen molar-refractivity contribution in [1.29, 1.82) is 0 Å². The van der Waals surface area contributed by atoms with Crippen LogP contribution in [-0.2, 0) is 28.2 Å². The van der Waals surface area contributed by atoms with Crippen molar-refractivity contribution < 1.29 is 37.9 Å². The van der Waals surface area contributed by atoms with Crippen LogP contribution in [0.1, 0.15) is 129 Å². The summed E-state index contributed by atoms with van der Waals surface area (Å²) >= 11 is 1.59. The van der Waals surface area contributed by atoms with Gasteiger partial charge in [-0.25, -0.2) is 4.57 Å². The maximum absolute atomic E-state index is 12.2. The van der Waals surface area contributed by atoms with E-state index in [1.807, 2.05) is 0 Å². The van der Waals surface area contributed by atoms with Gasteiger partial charge in [0.2, 0.25) is 0 Å². The first kappa shape index (κ1) is 36.4. The van der Waals surface area contributed by atoms with Crippen LogP contribution in [0.5, 0.6) is 0 Å². The van der Waals surface area contributed by atoms with Crippen LogP contribution in [0.3, 0.4) is 0 Å². The Balaban J connectivity index is 3.87. The zero-order valence-electron chi connectivity index (χ0n) is 23.1. The topological polar surface area (TPSA) is 119 Å². The largest absolute Gasteiger partial charge is 0.469 e. The lowest BCUT2D eigenvalue weighted by Gasteiger charge is -2.18. The van der Waals surface area contributed by atoms with E-state index >= 15 is 0 Å². The lowest BCUT2D eigenvalue weighted by Crippen LogP contribution is -2.25. The molecule has 0 aliphatic heterocycles. The van der Waals surface area contributed by atoms with Crippen LogP contribution in [0, 0.1) is 0 Å². The van der Waals surface area contributed by atoms with Crippen LogP contribution in [0.2, 0.25) is 0 Å². The Hall–Kier alpha value is -0.600. The molecule has 0 saturated heterocycles. The molecule has 37 heavy (non-hydrogen) atoms. The van der Waals surface area contributed by atoms with Gasteiger partial charge in [0.25, 0.3) is 6.47 Å². The van der Waals surface area contributed by atoms with Crippen molar-refractivity contribution in [3.05, 3.63) is 0 Å². The minimum Gasteiger partial charge on any atom is -0.468 e. The molecule has 10 heteroatoms. The predicted octanol–water partition coefficient (Wildman–Crippen LogP) is 7.35. The number of hydrogen-bond donors (Lipinski definition) is 2. The average Bonchev–Trinajstić information content (AvgIpc) is 2.85. The van der Waals surface area contributed by atoms with Gasteiger partial charge in [-0.3, -0.25) is 14.1 Å². The van der Waals surface area contributed by atoms with E-state index in [4.69, 9.17) is 14.5 Å². The van der Waals surface area contributed by atoms with Crippen LogP contribution in [-0.4, -0.2) is 53.1 Å². The molecule has 0 amide bonds. The van der Waals surface area contributed by atoms with E-state index in [0.717, 1.165) is 57.1 Å². The number of ether oxygens (including phenoxy) is 2. The third-order valence-corrected chi connectivity index (χ3v) is 7.80. The fourth-order valence-corrected chi connectivity index (χ4v) is 5.37. The molecular weight excluding hydrogens is 515 g/mol. The second kappa shape index (κ2) is 27.0. The minimum absolute atomic E-state index is 0.307. The maximum atomic E-state index is 12.2. The molecular formula is C27H53O8PS. The Labute approximate surface area is 229 Å². The molecule has 0 rings (SSSR count). The van der Waals surface area contributed by atoms with Crippen molar-refractivity contribution in [3.8, 4) is 0 Å². The third-order valence-electron chi connectivity index (χ3n) is 6.13. The monoisotopic (exact) mass is 568 g/mol. The zero-order valence-corrected chi connectivity index (χ0v) is 24.8. The third kappa shape index (κ3) is 29.8. The van der Waals surface area contributed by atoms with Gasteiger partial charge in [-0.15, -0.1) is 0 Å². The predicted molar refractivity (Wildman–Crippen MR) is 151 cm³/mol. The number of phosphoric ester groups is 1. The molecule has 0 heterocycles. The number of carbonyl (C=O) groups is 2. The van der Waals surface area contributed by atoms with E-state index in [2.05, 4.69) is 16.2 Å². The van der Waals surface area contributed by atoms with Crippen molar-refractivity contribution in [1.82, 2.24) is 0 Å². The van der Waals surface area contributed by atoms with E-state index in [-0.39, 0.29) is 12.6 Å². The van der Waals surface area contributed by atoms with E-state index in [9.17, 15) is 14.2 Å². The van der Waals surface area contributed by atoms with Crippen LogP contribution in [0.15, 0.2) is 0 Å². The number of thioether (sulfide) groups is 1. The number of esters is 1. The van der Waals surface area contributed by atoms with Gasteiger partial charge in [0, 0.05) is 12.2 Å². The molecule has 220 valence electrons. The summed E-state index contributed by atoms with van der Waals surface area (Å²) < 4.78 is 25.8. The van der Waals surface area contributed by atoms with E-state index in [0.29, 0.717) is 25.3 Å². The van der Waals surface area contributed by atoms with Gasteiger partial charge in [0.15, 0.2) is 0 Å². The van der Waals surface area contributed by atoms with Gasteiger partial charge in [-0.05, 0) is 25.0 Å². The Morgan fingerprint density at radius 3 is 1.86 bits per heavy atom. The molecule has 8 nitrogen and oxygen atoms in total. The summed E-state index contributed by atoms with van der Waals surface area (Å²) in [6, 6.07) is 0. The van der Waals surface area contributed by atoms with Gasteiger partial charge < -0.3 is 19.3 Å². The lowest BCUT2D eigenvalue weighted by molar-refractivity contribution is -0.149. The quantitative estimate of drug-likeness (QED) is 0.0413. The number of phosphoric acid groups is 1. The summed E-state index contributed by atoms with van der Waals surface area (Å²) in [5.41, 5.74) is 0. The molecule has 0 bridgehead atoms. The summed E-state index contributed by atoms with van der Waals surface area (Å²) in [7, 11) is -4.61. The van der Waals surface area contributed by atoms with Crippen molar-refractivity contribution >= 4 is 32.0 Å². The van der Waals surface area contributed by atoms with Crippen LogP contribution in [0.25, 0.3) is 0 Å². The van der Waals surface area contributed by atoms with Gasteiger partial charge in [0.1, 0.15) is 6.10 Å². The smallest absolute Gasteiger partial charge is 0.468 e. The highest BCUT2D eigenvalue weighted by molar-refractivity contribution is 7.99. The molecule has 0 spiro atoms. The maximum Gasteiger partial charge on any atom is 0.469 e. The second-order valence-corrected chi connectivity index (χ2v) is 12.1. The molecule has 0 aliphatic carbocycles. The zero-order chi connectivity index (χ0) is 27.5. The molecule has 0 aromatic carbocycles. The summed E-state index contributed by atoms with van der Waals surface area (Å²) in [5, 5.41) is 0. The van der Waals surface area contributed by atoms with Crippen LogP contribution < -0.4 is 0 Å². The van der Waals surface area contributed by atoms with Crippen molar-refractivity contribution in [2.24, 2.45) is 0 Å². The summed E-state index contributed by atoms with van der Waals surface area (Å²) in [6.07, 6.45) is 20.7. The first-order valence-electron chi connectivity index (χ1n) is 14.4. The molecule has 0 aromatic rings. The highest BCUT2D eigenvalue weighted by atomic mass is 32.2. The average molecular weight is 569 g/mol. The minimum atomic E-state index is -4.61. The van der Waals surface area contributed by atoms with Crippen molar-refractivity contribution in [3.63, 3.8) is 0 Å². The Morgan fingerprint density at radius 2 is 1.32 bits per heavy atom. The lowest BCUT2D eigenvalue weighted by atomic mass is 10.0. The number of unbranched alkanes of at least 4 members (excludes halogenated alkanes) is 16. The van der Waals surface area contributed by atoms with E-state index in [1.54, 1.807) is 11.8 Å². The first-order valence-corrected chi connectivity index (χ1v) is 17.1. The molecule has 1 atom stereocenters. The Morgan fingerprint density at radius 1 is 0.811 bits per heavy atom. The van der Waals surface area contributed by atoms with Crippen LogP contribution in [0.4, 0.5) is 0 Å². The summed E-state index contributed by atoms with van der Waals surface area (Å²) in [5.74, 6) is 0.978. The summed E-state index contributed by atoms with van der Waals surface area (Å²) in [4.78, 5) is 40.3. The van der Waals surface area contributed by atoms with E-state index < -0.39 is 13.9 Å². The SMILES string of the molecule is CCCCCCCCCCCCCCCC(=O)O[C@H](COP(=O)(O)O)CSCCCCCCCOC=O. The second-order valence-electron chi connectivity index (χ2n) is 9.70. The molecule has 0 radical (unpaired) electrons. The first-order chi connectivity index (χ1) is 17.9.